The molecule has 0 bridgehead atoms. The number of aliphatic hydroxyl groups excluding tert-OH is 3. The van der Waals surface area contributed by atoms with Crippen LogP contribution in [-0.2, 0) is 9.47 Å². The molecule has 3 N–H and O–H groups in total. The van der Waals surface area contributed by atoms with E-state index in [0.29, 0.717) is 6.61 Å². The molecule has 0 aromatic carbocycles. The minimum absolute atomic E-state index is 0.274. The van der Waals surface area contributed by atoms with Crippen LogP contribution in [0.2, 0.25) is 0 Å². The molecule has 0 amide bonds. The highest BCUT2D eigenvalue weighted by molar-refractivity contribution is 4.88. The van der Waals surface area contributed by atoms with Crippen LogP contribution in [0.15, 0.2) is 12.7 Å². The van der Waals surface area contributed by atoms with Crippen molar-refractivity contribution in [2.75, 3.05) is 19.8 Å². The fourth-order valence-electron chi connectivity index (χ4n) is 3.42. The van der Waals surface area contributed by atoms with E-state index in [4.69, 9.17) is 14.6 Å². The molecule has 26 heavy (non-hydrogen) atoms. The molecule has 0 aromatic heterocycles. The van der Waals surface area contributed by atoms with Crippen LogP contribution >= 0.6 is 0 Å². The van der Waals surface area contributed by atoms with E-state index in [2.05, 4.69) is 6.58 Å². The summed E-state index contributed by atoms with van der Waals surface area (Å²) in [5.41, 5.74) is 0. The summed E-state index contributed by atoms with van der Waals surface area (Å²) in [6.45, 7) is 4.22. The Kier molecular flexibility index (Phi) is 14.1. The highest BCUT2D eigenvalue weighted by atomic mass is 16.6. The summed E-state index contributed by atoms with van der Waals surface area (Å²) >= 11 is 0. The molecule has 5 nitrogen and oxygen atoms in total. The summed E-state index contributed by atoms with van der Waals surface area (Å²) in [5, 5.41) is 28.5. The van der Waals surface area contributed by atoms with E-state index in [9.17, 15) is 10.2 Å². The fraction of sp³-hybridized carbons (Fsp3) is 0.905. The van der Waals surface area contributed by atoms with Crippen LogP contribution < -0.4 is 0 Å². The molecule has 0 saturated carbocycles. The van der Waals surface area contributed by atoms with Crippen molar-refractivity contribution in [2.45, 2.75) is 101 Å². The standard InChI is InChI=1S/C21H40O5/c1-2-3-4-5-6-7-8-9-10-11-12-13-14-15-25-19-17-26-21(20(19)24)18(23)16-22/h2,18-24H,1,3-17H2/t18-,19+,20-,21-/m1/s1. The maximum Gasteiger partial charge on any atom is 0.114 e. The molecule has 1 aliphatic heterocycles. The van der Waals surface area contributed by atoms with Gasteiger partial charge in [-0.2, -0.15) is 0 Å². The molecule has 1 heterocycles. The predicted octanol–water partition coefficient (Wildman–Crippen LogP) is 3.35. The van der Waals surface area contributed by atoms with Gasteiger partial charge in [0.05, 0.1) is 13.2 Å². The van der Waals surface area contributed by atoms with Crippen LogP contribution in [0.3, 0.4) is 0 Å². The second-order valence-corrected chi connectivity index (χ2v) is 7.41. The lowest BCUT2D eigenvalue weighted by Gasteiger charge is -2.20. The molecule has 1 fully saturated rings. The molecule has 1 aliphatic rings. The third-order valence-electron chi connectivity index (χ3n) is 5.12. The lowest BCUT2D eigenvalue weighted by molar-refractivity contribution is -0.0730. The average molecular weight is 373 g/mol. The number of rotatable bonds is 17. The van der Waals surface area contributed by atoms with Crippen molar-refractivity contribution in [3.8, 4) is 0 Å². The van der Waals surface area contributed by atoms with Gasteiger partial charge in [-0.15, -0.1) is 6.58 Å². The van der Waals surface area contributed by atoms with E-state index < -0.39 is 31.0 Å². The molecule has 4 atom stereocenters. The number of hydrogen-bond donors (Lipinski definition) is 3. The summed E-state index contributed by atoms with van der Waals surface area (Å²) < 4.78 is 11.0. The van der Waals surface area contributed by atoms with E-state index in [1.54, 1.807) is 0 Å². The van der Waals surface area contributed by atoms with E-state index in [1.165, 1.54) is 57.8 Å². The van der Waals surface area contributed by atoms with Gasteiger partial charge in [-0.3, -0.25) is 0 Å². The van der Waals surface area contributed by atoms with Crippen molar-refractivity contribution >= 4 is 0 Å². The first-order valence-electron chi connectivity index (χ1n) is 10.5. The maximum atomic E-state index is 10.0. The van der Waals surface area contributed by atoms with Crippen molar-refractivity contribution in [1.29, 1.82) is 0 Å². The third kappa shape index (κ3) is 10.0. The van der Waals surface area contributed by atoms with Gasteiger partial charge in [0.1, 0.15) is 24.4 Å². The molecular formula is C21H40O5. The van der Waals surface area contributed by atoms with Crippen molar-refractivity contribution in [3.63, 3.8) is 0 Å². The molecule has 0 radical (unpaired) electrons. The van der Waals surface area contributed by atoms with Crippen molar-refractivity contribution in [2.24, 2.45) is 0 Å². The second-order valence-electron chi connectivity index (χ2n) is 7.41. The Morgan fingerprint density at radius 1 is 0.962 bits per heavy atom. The summed E-state index contributed by atoms with van der Waals surface area (Å²) in [7, 11) is 0. The molecular weight excluding hydrogens is 332 g/mol. The van der Waals surface area contributed by atoms with Crippen LogP contribution in [0.5, 0.6) is 0 Å². The Morgan fingerprint density at radius 2 is 1.50 bits per heavy atom. The van der Waals surface area contributed by atoms with Gasteiger partial charge in [-0.05, 0) is 19.3 Å². The number of allylic oxidation sites excluding steroid dienone is 1. The zero-order valence-electron chi connectivity index (χ0n) is 16.4. The lowest BCUT2D eigenvalue weighted by atomic mass is 10.1. The van der Waals surface area contributed by atoms with Crippen LogP contribution in [0.4, 0.5) is 0 Å². The topological polar surface area (TPSA) is 79.2 Å². The van der Waals surface area contributed by atoms with Crippen LogP contribution in [0, 0.1) is 0 Å². The minimum atomic E-state index is -1.05. The van der Waals surface area contributed by atoms with Crippen LogP contribution in [0.25, 0.3) is 0 Å². The molecule has 0 spiro atoms. The van der Waals surface area contributed by atoms with Gasteiger partial charge in [-0.1, -0.05) is 63.9 Å². The van der Waals surface area contributed by atoms with Gasteiger partial charge in [0.15, 0.2) is 0 Å². The smallest absolute Gasteiger partial charge is 0.114 e. The fourth-order valence-corrected chi connectivity index (χ4v) is 3.42. The molecule has 1 saturated heterocycles. The van der Waals surface area contributed by atoms with E-state index in [0.717, 1.165) is 19.3 Å². The normalized spacial score (nSPS) is 24.0. The number of unbranched alkanes of at least 4 members (excludes halogenated alkanes) is 11. The van der Waals surface area contributed by atoms with Crippen molar-refractivity contribution < 1.29 is 24.8 Å². The quantitative estimate of drug-likeness (QED) is 0.269. The van der Waals surface area contributed by atoms with E-state index >= 15 is 0 Å². The van der Waals surface area contributed by atoms with E-state index in [1.807, 2.05) is 6.08 Å². The maximum absolute atomic E-state index is 10.0. The first-order valence-corrected chi connectivity index (χ1v) is 10.5. The Hall–Kier alpha value is -0.460. The second kappa shape index (κ2) is 15.6. The largest absolute Gasteiger partial charge is 0.394 e. The van der Waals surface area contributed by atoms with Gasteiger partial charge in [0, 0.05) is 6.61 Å². The zero-order chi connectivity index (χ0) is 19.0. The van der Waals surface area contributed by atoms with E-state index in [-0.39, 0.29) is 6.61 Å². The summed E-state index contributed by atoms with van der Waals surface area (Å²) in [6.07, 6.45) is 14.1. The summed E-state index contributed by atoms with van der Waals surface area (Å²) in [4.78, 5) is 0. The highest BCUT2D eigenvalue weighted by Gasteiger charge is 2.40. The van der Waals surface area contributed by atoms with Gasteiger partial charge < -0.3 is 24.8 Å². The van der Waals surface area contributed by atoms with Gasteiger partial charge in [-0.25, -0.2) is 0 Å². The zero-order valence-corrected chi connectivity index (χ0v) is 16.4. The Labute approximate surface area is 159 Å². The Morgan fingerprint density at radius 3 is 2.04 bits per heavy atom. The molecule has 154 valence electrons. The van der Waals surface area contributed by atoms with Gasteiger partial charge >= 0.3 is 0 Å². The van der Waals surface area contributed by atoms with Crippen molar-refractivity contribution in [1.82, 2.24) is 0 Å². The molecule has 0 unspecified atom stereocenters. The molecule has 0 aliphatic carbocycles. The Bertz CT molecular complexity index is 336. The van der Waals surface area contributed by atoms with Gasteiger partial charge in [0.25, 0.3) is 0 Å². The monoisotopic (exact) mass is 372 g/mol. The molecule has 1 rings (SSSR count). The van der Waals surface area contributed by atoms with Crippen LogP contribution in [0.1, 0.15) is 77.0 Å². The number of hydrogen-bond acceptors (Lipinski definition) is 5. The highest BCUT2D eigenvalue weighted by Crippen LogP contribution is 2.20. The molecule has 0 aromatic rings. The first-order chi connectivity index (χ1) is 12.7. The third-order valence-corrected chi connectivity index (χ3v) is 5.12. The SMILES string of the molecule is C=CCCCCCCCCCCCCCO[C@H]1CO[C@H]([C@H](O)CO)[C@@H]1O. The molecule has 5 heteroatoms. The summed E-state index contributed by atoms with van der Waals surface area (Å²) in [5.74, 6) is 0. The van der Waals surface area contributed by atoms with Crippen LogP contribution in [-0.4, -0.2) is 59.6 Å². The first kappa shape index (κ1) is 23.6. The number of ether oxygens (including phenoxy) is 2. The lowest BCUT2D eigenvalue weighted by Crippen LogP contribution is -2.41. The minimum Gasteiger partial charge on any atom is -0.394 e. The van der Waals surface area contributed by atoms with Crippen molar-refractivity contribution in [3.05, 3.63) is 12.7 Å². The number of aliphatic hydroxyl groups is 3. The average Bonchev–Trinajstić information content (AvgIpc) is 3.02. The predicted molar refractivity (Wildman–Crippen MR) is 104 cm³/mol. The summed E-state index contributed by atoms with van der Waals surface area (Å²) in [6, 6.07) is 0. The van der Waals surface area contributed by atoms with Gasteiger partial charge in [0.2, 0.25) is 0 Å². The Balaban J connectivity index is 1.85.